The molecule has 3 aromatic carbocycles. The Labute approximate surface area is 192 Å². The molecule has 0 bridgehead atoms. The molecule has 0 radical (unpaired) electrons. The largest absolute Gasteiger partial charge is 0.465 e. The van der Waals surface area contributed by atoms with Crippen molar-refractivity contribution in [1.29, 1.82) is 0 Å². The van der Waals surface area contributed by atoms with Crippen molar-refractivity contribution in [3.05, 3.63) is 87.5 Å². The zero-order valence-electron chi connectivity index (χ0n) is 19.0. The van der Waals surface area contributed by atoms with Crippen LogP contribution in [0.2, 0.25) is 0 Å². The van der Waals surface area contributed by atoms with Gasteiger partial charge in [-0.15, -0.1) is 0 Å². The molecule has 0 aromatic heterocycles. The highest BCUT2D eigenvalue weighted by Crippen LogP contribution is 2.44. The summed E-state index contributed by atoms with van der Waals surface area (Å²) in [6.07, 6.45) is 0.0268. The smallest absolute Gasteiger partial charge is 0.411 e. The Kier molecular flexibility index (Phi) is 6.01. The molecule has 0 fully saturated rings. The van der Waals surface area contributed by atoms with E-state index < -0.39 is 12.1 Å². The minimum atomic E-state index is -0.653. The highest BCUT2D eigenvalue weighted by molar-refractivity contribution is 6.01. The number of esters is 1. The van der Waals surface area contributed by atoms with Gasteiger partial charge in [0, 0.05) is 11.5 Å². The molecule has 4 rings (SSSR count). The van der Waals surface area contributed by atoms with E-state index in [0.717, 1.165) is 22.3 Å². The molecule has 1 N–H and O–H groups in total. The molecular formula is C27H25NO5. The number of methoxy groups -OCH3 is 1. The van der Waals surface area contributed by atoms with Gasteiger partial charge in [-0.2, -0.15) is 0 Å². The van der Waals surface area contributed by atoms with E-state index in [1.807, 2.05) is 24.3 Å². The molecule has 3 aromatic rings. The molecule has 6 heteroatoms. The molecule has 0 saturated heterocycles. The standard InChI is InChI=1S/C27H25NO5/c1-15-22(13-29)16(2)25(17(3)24(15)26(30)32-4)28-27(31)33-14-23-20-11-7-5-9-18(20)19-10-6-8-12-21(19)23/h5-13,23H,14H2,1-4H3,(H,28,31). The van der Waals surface area contributed by atoms with Crippen molar-refractivity contribution in [1.82, 2.24) is 0 Å². The molecule has 1 aliphatic rings. The van der Waals surface area contributed by atoms with Gasteiger partial charge in [0.25, 0.3) is 0 Å². The molecule has 1 aliphatic carbocycles. The van der Waals surface area contributed by atoms with Gasteiger partial charge in [0.1, 0.15) is 6.61 Å². The third-order valence-corrected chi connectivity index (χ3v) is 6.39. The van der Waals surface area contributed by atoms with Crippen molar-refractivity contribution in [3.63, 3.8) is 0 Å². The van der Waals surface area contributed by atoms with E-state index in [1.165, 1.54) is 7.11 Å². The summed E-state index contributed by atoms with van der Waals surface area (Å²) in [5.41, 5.74) is 7.11. The quantitative estimate of drug-likeness (QED) is 0.412. The molecule has 33 heavy (non-hydrogen) atoms. The predicted molar refractivity (Wildman–Crippen MR) is 126 cm³/mol. The van der Waals surface area contributed by atoms with Crippen LogP contribution >= 0.6 is 0 Å². The Balaban J connectivity index is 1.60. The van der Waals surface area contributed by atoms with Gasteiger partial charge >= 0.3 is 12.1 Å². The first-order valence-corrected chi connectivity index (χ1v) is 10.7. The number of hydrogen-bond acceptors (Lipinski definition) is 5. The normalized spacial score (nSPS) is 12.0. The van der Waals surface area contributed by atoms with Crippen LogP contribution in [-0.2, 0) is 9.47 Å². The monoisotopic (exact) mass is 443 g/mol. The molecular weight excluding hydrogens is 418 g/mol. The third-order valence-electron chi connectivity index (χ3n) is 6.39. The first-order valence-electron chi connectivity index (χ1n) is 10.7. The molecule has 0 atom stereocenters. The van der Waals surface area contributed by atoms with Gasteiger partial charge in [-0.1, -0.05) is 48.5 Å². The van der Waals surface area contributed by atoms with Crippen LogP contribution in [0, 0.1) is 20.8 Å². The number of carbonyl (C=O) groups is 3. The maximum absolute atomic E-state index is 12.8. The predicted octanol–water partition coefficient (Wildman–Crippen LogP) is 5.57. The van der Waals surface area contributed by atoms with Crippen LogP contribution in [0.4, 0.5) is 10.5 Å². The number of anilines is 1. The minimum absolute atomic E-state index is 0.0699. The van der Waals surface area contributed by atoms with Crippen LogP contribution in [0.3, 0.4) is 0 Å². The van der Waals surface area contributed by atoms with Gasteiger partial charge in [-0.3, -0.25) is 10.1 Å². The number of nitrogens with one attached hydrogen (secondary N) is 1. The number of hydrogen-bond donors (Lipinski definition) is 1. The van der Waals surface area contributed by atoms with Gasteiger partial charge in [0.2, 0.25) is 0 Å². The van der Waals surface area contributed by atoms with Crippen LogP contribution in [0.5, 0.6) is 0 Å². The lowest BCUT2D eigenvalue weighted by atomic mass is 9.92. The van der Waals surface area contributed by atoms with E-state index in [1.54, 1.807) is 20.8 Å². The summed E-state index contributed by atoms with van der Waals surface area (Å²) in [6.45, 7) is 5.28. The molecule has 1 amide bonds. The first-order chi connectivity index (χ1) is 15.9. The highest BCUT2D eigenvalue weighted by atomic mass is 16.5. The van der Waals surface area contributed by atoms with Gasteiger partial charge in [0.05, 0.1) is 18.4 Å². The summed E-state index contributed by atoms with van der Waals surface area (Å²) in [5, 5.41) is 2.74. The Hall–Kier alpha value is -3.93. The number of benzene rings is 3. The van der Waals surface area contributed by atoms with Gasteiger partial charge in [-0.25, -0.2) is 9.59 Å². The van der Waals surface area contributed by atoms with Crippen molar-refractivity contribution < 1.29 is 23.9 Å². The number of ether oxygens (including phenoxy) is 2. The minimum Gasteiger partial charge on any atom is -0.465 e. The Morgan fingerprint density at radius 1 is 0.909 bits per heavy atom. The summed E-state index contributed by atoms with van der Waals surface area (Å²) in [4.78, 5) is 36.8. The molecule has 168 valence electrons. The second-order valence-corrected chi connectivity index (χ2v) is 8.10. The fourth-order valence-electron chi connectivity index (χ4n) is 4.75. The topological polar surface area (TPSA) is 81.7 Å². The Bertz CT molecular complexity index is 1230. The van der Waals surface area contributed by atoms with Crippen LogP contribution in [0.25, 0.3) is 11.1 Å². The summed E-state index contributed by atoms with van der Waals surface area (Å²) >= 11 is 0. The Morgan fingerprint density at radius 2 is 1.48 bits per heavy atom. The second-order valence-electron chi connectivity index (χ2n) is 8.10. The average Bonchev–Trinajstić information content (AvgIpc) is 3.14. The maximum atomic E-state index is 12.8. The summed E-state index contributed by atoms with van der Waals surface area (Å²) < 4.78 is 10.5. The molecule has 0 aliphatic heterocycles. The SMILES string of the molecule is COC(=O)c1c(C)c(C=O)c(C)c(NC(=O)OCC2c3ccccc3-c3ccccc32)c1C. The van der Waals surface area contributed by atoms with E-state index in [4.69, 9.17) is 9.47 Å². The number of amides is 1. The lowest BCUT2D eigenvalue weighted by molar-refractivity contribution is 0.0599. The molecule has 0 spiro atoms. The maximum Gasteiger partial charge on any atom is 0.411 e. The van der Waals surface area contributed by atoms with E-state index in [0.29, 0.717) is 34.2 Å². The van der Waals surface area contributed by atoms with Gasteiger partial charge < -0.3 is 9.47 Å². The zero-order valence-corrected chi connectivity index (χ0v) is 19.0. The molecule has 0 heterocycles. The van der Waals surface area contributed by atoms with Gasteiger partial charge in [0.15, 0.2) is 6.29 Å². The van der Waals surface area contributed by atoms with Crippen LogP contribution in [0.1, 0.15) is 54.5 Å². The van der Waals surface area contributed by atoms with E-state index in [9.17, 15) is 14.4 Å². The van der Waals surface area contributed by atoms with Crippen molar-refractivity contribution in [2.45, 2.75) is 26.7 Å². The highest BCUT2D eigenvalue weighted by Gasteiger charge is 2.29. The second kappa shape index (κ2) is 8.90. The van der Waals surface area contributed by atoms with Crippen LogP contribution < -0.4 is 5.32 Å². The summed E-state index contributed by atoms with van der Waals surface area (Å²) in [6, 6.07) is 16.2. The number of carbonyl (C=O) groups excluding carboxylic acids is 3. The van der Waals surface area contributed by atoms with E-state index >= 15 is 0 Å². The lowest BCUT2D eigenvalue weighted by Gasteiger charge is -2.20. The summed E-state index contributed by atoms with van der Waals surface area (Å²) in [7, 11) is 1.28. The molecule has 6 nitrogen and oxygen atoms in total. The van der Waals surface area contributed by atoms with Crippen LogP contribution in [0.15, 0.2) is 48.5 Å². The fraction of sp³-hybridized carbons (Fsp3) is 0.222. The summed E-state index contributed by atoms with van der Waals surface area (Å²) in [5.74, 6) is -0.636. The molecule has 0 saturated carbocycles. The fourth-order valence-corrected chi connectivity index (χ4v) is 4.75. The number of rotatable bonds is 5. The van der Waals surface area contributed by atoms with Crippen molar-refractivity contribution in [2.24, 2.45) is 0 Å². The number of fused-ring (bicyclic) bond motifs is 3. The van der Waals surface area contributed by atoms with Gasteiger partial charge in [-0.05, 0) is 59.7 Å². The van der Waals surface area contributed by atoms with E-state index in [-0.39, 0.29) is 18.1 Å². The van der Waals surface area contributed by atoms with Crippen LogP contribution in [-0.4, -0.2) is 32.1 Å². The van der Waals surface area contributed by atoms with Crippen molar-refractivity contribution in [3.8, 4) is 11.1 Å². The first kappa shape index (κ1) is 22.3. The number of aldehydes is 1. The third kappa shape index (κ3) is 3.78. The molecule has 0 unspecified atom stereocenters. The van der Waals surface area contributed by atoms with Crippen molar-refractivity contribution in [2.75, 3.05) is 19.0 Å². The lowest BCUT2D eigenvalue weighted by Crippen LogP contribution is -2.21. The average molecular weight is 443 g/mol. The van der Waals surface area contributed by atoms with E-state index in [2.05, 4.69) is 29.6 Å². The zero-order chi connectivity index (χ0) is 23.7. The Morgan fingerprint density at radius 3 is 2.03 bits per heavy atom. The van der Waals surface area contributed by atoms with Crippen molar-refractivity contribution >= 4 is 24.0 Å².